The Hall–Kier alpha value is -3.04. The lowest BCUT2D eigenvalue weighted by Gasteiger charge is -2.22. The number of amides is 3. The molecular formula is C19H16ClN3O3. The van der Waals surface area contributed by atoms with E-state index in [9.17, 15) is 9.59 Å². The maximum Gasteiger partial charge on any atom is 0.325 e. The zero-order valence-electron chi connectivity index (χ0n) is 14.0. The average Bonchev–Trinajstić information content (AvgIpc) is 2.87. The van der Waals surface area contributed by atoms with Gasteiger partial charge in [-0.05, 0) is 48.9 Å². The normalized spacial score (nSPS) is 19.2. The maximum atomic E-state index is 12.8. The number of carbonyl (C=O) groups excluding carboxylic acids is 2. The van der Waals surface area contributed by atoms with Crippen LogP contribution >= 0.6 is 11.6 Å². The number of imide groups is 1. The SMILES string of the molecule is CC1(c2cccc(C#N)c2)NC(=O)N(CCOc2ccc(Cl)cc2)C1=O. The highest BCUT2D eigenvalue weighted by Crippen LogP contribution is 2.29. The summed E-state index contributed by atoms with van der Waals surface area (Å²) in [6, 6.07) is 15.0. The van der Waals surface area contributed by atoms with Gasteiger partial charge in [-0.1, -0.05) is 23.7 Å². The molecule has 1 aliphatic rings. The predicted octanol–water partition coefficient (Wildman–Crippen LogP) is 3.06. The van der Waals surface area contributed by atoms with Crippen LogP contribution in [0.4, 0.5) is 4.79 Å². The van der Waals surface area contributed by atoms with E-state index in [0.29, 0.717) is 21.9 Å². The lowest BCUT2D eigenvalue weighted by molar-refractivity contribution is -0.131. The van der Waals surface area contributed by atoms with Crippen LogP contribution in [0.25, 0.3) is 0 Å². The van der Waals surface area contributed by atoms with Crippen LogP contribution in [0, 0.1) is 11.3 Å². The van der Waals surface area contributed by atoms with Crippen LogP contribution in [-0.4, -0.2) is 30.0 Å². The van der Waals surface area contributed by atoms with Gasteiger partial charge in [-0.15, -0.1) is 0 Å². The van der Waals surface area contributed by atoms with Gasteiger partial charge in [-0.25, -0.2) is 4.79 Å². The summed E-state index contributed by atoms with van der Waals surface area (Å²) in [5, 5.41) is 12.4. The van der Waals surface area contributed by atoms with E-state index in [1.807, 2.05) is 6.07 Å². The number of carbonyl (C=O) groups is 2. The standard InChI is InChI=1S/C19H16ClN3O3/c1-19(14-4-2-3-13(11-14)12-21)17(24)23(18(25)22-19)9-10-26-16-7-5-15(20)6-8-16/h2-8,11H,9-10H2,1H3,(H,22,25). The first-order chi connectivity index (χ1) is 12.4. The van der Waals surface area contributed by atoms with Crippen molar-refractivity contribution in [2.75, 3.05) is 13.2 Å². The van der Waals surface area contributed by atoms with Crippen LogP contribution in [0.3, 0.4) is 0 Å². The number of ether oxygens (including phenoxy) is 1. The average molecular weight is 370 g/mol. The van der Waals surface area contributed by atoms with Crippen molar-refractivity contribution in [3.63, 3.8) is 0 Å². The number of nitriles is 1. The van der Waals surface area contributed by atoms with Gasteiger partial charge in [0.1, 0.15) is 17.9 Å². The van der Waals surface area contributed by atoms with Gasteiger partial charge < -0.3 is 10.1 Å². The number of hydrogen-bond donors (Lipinski definition) is 1. The molecule has 1 aliphatic heterocycles. The number of nitrogens with zero attached hydrogens (tertiary/aromatic N) is 2. The van der Waals surface area contributed by atoms with Crippen LogP contribution < -0.4 is 10.1 Å². The second-order valence-corrected chi connectivity index (χ2v) is 6.44. The molecule has 0 bridgehead atoms. The lowest BCUT2D eigenvalue weighted by atomic mass is 9.91. The Morgan fingerprint density at radius 2 is 1.96 bits per heavy atom. The van der Waals surface area contributed by atoms with Gasteiger partial charge in [0.25, 0.3) is 5.91 Å². The highest BCUT2D eigenvalue weighted by Gasteiger charge is 2.48. The monoisotopic (exact) mass is 369 g/mol. The van der Waals surface area contributed by atoms with Gasteiger partial charge in [-0.2, -0.15) is 5.26 Å². The molecule has 1 N–H and O–H groups in total. The van der Waals surface area contributed by atoms with E-state index < -0.39 is 11.6 Å². The van der Waals surface area contributed by atoms with Gasteiger partial charge in [0.15, 0.2) is 0 Å². The minimum Gasteiger partial charge on any atom is -0.492 e. The first kappa shape index (κ1) is 17.8. The summed E-state index contributed by atoms with van der Waals surface area (Å²) in [7, 11) is 0. The Morgan fingerprint density at radius 3 is 2.65 bits per heavy atom. The highest BCUT2D eigenvalue weighted by atomic mass is 35.5. The van der Waals surface area contributed by atoms with E-state index in [2.05, 4.69) is 5.32 Å². The van der Waals surface area contributed by atoms with Crippen LogP contribution in [0.5, 0.6) is 5.75 Å². The van der Waals surface area contributed by atoms with Crippen LogP contribution in [-0.2, 0) is 10.3 Å². The Kier molecular flexibility index (Phi) is 4.83. The zero-order valence-corrected chi connectivity index (χ0v) is 14.8. The summed E-state index contributed by atoms with van der Waals surface area (Å²) >= 11 is 5.82. The molecule has 1 saturated heterocycles. The van der Waals surface area contributed by atoms with Crippen molar-refractivity contribution in [1.29, 1.82) is 5.26 Å². The van der Waals surface area contributed by atoms with E-state index in [1.54, 1.807) is 55.5 Å². The van der Waals surface area contributed by atoms with E-state index in [0.717, 1.165) is 4.90 Å². The predicted molar refractivity (Wildman–Crippen MR) is 95.7 cm³/mol. The number of halogens is 1. The third-order valence-electron chi connectivity index (χ3n) is 4.24. The van der Waals surface area contributed by atoms with Crippen LogP contribution in [0.2, 0.25) is 5.02 Å². The molecule has 0 aliphatic carbocycles. The molecule has 0 spiro atoms. The summed E-state index contributed by atoms with van der Waals surface area (Å²) < 4.78 is 5.55. The number of rotatable bonds is 5. The van der Waals surface area contributed by atoms with Gasteiger partial charge in [0.2, 0.25) is 0 Å². The van der Waals surface area contributed by atoms with Crippen LogP contribution in [0.1, 0.15) is 18.1 Å². The Bertz CT molecular complexity index is 892. The number of nitrogens with one attached hydrogen (secondary N) is 1. The summed E-state index contributed by atoms with van der Waals surface area (Å²) in [5.41, 5.74) is -0.212. The quantitative estimate of drug-likeness (QED) is 0.821. The smallest absolute Gasteiger partial charge is 0.325 e. The molecule has 1 fully saturated rings. The van der Waals surface area contributed by atoms with Gasteiger partial charge in [0, 0.05) is 5.02 Å². The molecule has 0 saturated carbocycles. The third-order valence-corrected chi connectivity index (χ3v) is 4.49. The fourth-order valence-corrected chi connectivity index (χ4v) is 2.91. The molecule has 0 radical (unpaired) electrons. The van der Waals surface area contributed by atoms with E-state index in [-0.39, 0.29) is 19.1 Å². The van der Waals surface area contributed by atoms with Crippen molar-refractivity contribution in [1.82, 2.24) is 10.2 Å². The minimum atomic E-state index is -1.20. The molecule has 26 heavy (non-hydrogen) atoms. The first-order valence-electron chi connectivity index (χ1n) is 7.97. The van der Waals surface area contributed by atoms with Gasteiger partial charge in [-0.3, -0.25) is 9.69 Å². The second kappa shape index (κ2) is 7.06. The van der Waals surface area contributed by atoms with Gasteiger partial charge >= 0.3 is 6.03 Å². The topological polar surface area (TPSA) is 82.4 Å². The molecule has 6 nitrogen and oxygen atoms in total. The summed E-state index contributed by atoms with van der Waals surface area (Å²) in [4.78, 5) is 26.2. The molecule has 1 atom stereocenters. The number of urea groups is 1. The fourth-order valence-electron chi connectivity index (χ4n) is 2.78. The molecule has 3 rings (SSSR count). The Balaban J connectivity index is 1.70. The Morgan fingerprint density at radius 1 is 1.23 bits per heavy atom. The summed E-state index contributed by atoms with van der Waals surface area (Å²) in [6.45, 7) is 1.90. The molecule has 132 valence electrons. The lowest BCUT2D eigenvalue weighted by Crippen LogP contribution is -2.41. The molecule has 3 amide bonds. The van der Waals surface area contributed by atoms with Crippen molar-refractivity contribution in [3.8, 4) is 11.8 Å². The Labute approximate surface area is 155 Å². The third kappa shape index (κ3) is 3.35. The summed E-state index contributed by atoms with van der Waals surface area (Å²) in [6.07, 6.45) is 0. The van der Waals surface area contributed by atoms with Crippen molar-refractivity contribution < 1.29 is 14.3 Å². The van der Waals surface area contributed by atoms with Gasteiger partial charge in [0.05, 0.1) is 18.2 Å². The van der Waals surface area contributed by atoms with E-state index in [4.69, 9.17) is 21.6 Å². The number of hydrogen-bond acceptors (Lipinski definition) is 4. The molecule has 7 heteroatoms. The molecule has 1 unspecified atom stereocenters. The molecule has 2 aromatic carbocycles. The van der Waals surface area contributed by atoms with Crippen molar-refractivity contribution in [3.05, 3.63) is 64.7 Å². The maximum absolute atomic E-state index is 12.8. The van der Waals surface area contributed by atoms with Crippen molar-refractivity contribution in [2.45, 2.75) is 12.5 Å². The molecular weight excluding hydrogens is 354 g/mol. The molecule has 2 aromatic rings. The largest absolute Gasteiger partial charge is 0.492 e. The van der Waals surface area contributed by atoms with Crippen LogP contribution in [0.15, 0.2) is 48.5 Å². The molecule has 0 aromatic heterocycles. The fraction of sp³-hybridized carbons (Fsp3) is 0.211. The first-order valence-corrected chi connectivity index (χ1v) is 8.35. The second-order valence-electron chi connectivity index (χ2n) is 6.01. The van der Waals surface area contributed by atoms with Crippen molar-refractivity contribution in [2.24, 2.45) is 0 Å². The van der Waals surface area contributed by atoms with E-state index in [1.165, 1.54) is 0 Å². The zero-order chi connectivity index (χ0) is 18.7. The summed E-state index contributed by atoms with van der Waals surface area (Å²) in [5.74, 6) is 0.225. The number of benzene rings is 2. The van der Waals surface area contributed by atoms with E-state index >= 15 is 0 Å². The molecule has 1 heterocycles. The minimum absolute atomic E-state index is 0.112. The highest BCUT2D eigenvalue weighted by molar-refractivity contribution is 6.30. The van der Waals surface area contributed by atoms with Crippen molar-refractivity contribution >= 4 is 23.5 Å².